The highest BCUT2D eigenvalue weighted by Gasteiger charge is 2.30. The highest BCUT2D eigenvalue weighted by molar-refractivity contribution is 6.32. The Balaban J connectivity index is 1.23. The van der Waals surface area contributed by atoms with E-state index in [-0.39, 0.29) is 11.9 Å². The minimum absolute atomic E-state index is 0.190. The number of benzene rings is 2. The number of nitrogens with one attached hydrogen (secondary N) is 2. The molecule has 0 radical (unpaired) electrons. The van der Waals surface area contributed by atoms with Crippen LogP contribution in [0.1, 0.15) is 44.1 Å². The topological polar surface area (TPSA) is 77.1 Å². The molecule has 1 saturated heterocycles. The third-order valence-electron chi connectivity index (χ3n) is 7.03. The normalized spacial score (nSPS) is 22.5. The molecule has 0 spiro atoms. The standard InChI is InChI=1S/C27H29ClFN5O/c28-22-14-20(12-11-18(22)15-30)34-13-5-6-19(17-34)32-24-9-3-4-10-25(24)33-27-31-16-26(35-27)21-7-1-2-8-23(21)29/h1-2,7-8,11-12,14,16,19,24-25,32H,3-6,9-10,13,17H2,(H,31,33). The molecule has 3 atom stereocenters. The molecule has 8 heteroatoms. The number of hydrogen-bond acceptors (Lipinski definition) is 6. The van der Waals surface area contributed by atoms with Gasteiger partial charge in [-0.05, 0) is 56.0 Å². The van der Waals surface area contributed by atoms with Gasteiger partial charge in [0.15, 0.2) is 5.76 Å². The number of halogens is 2. The largest absolute Gasteiger partial charge is 0.423 e. The molecular weight excluding hydrogens is 465 g/mol. The zero-order valence-corrected chi connectivity index (χ0v) is 20.3. The van der Waals surface area contributed by atoms with Gasteiger partial charge in [0.1, 0.15) is 11.9 Å². The predicted molar refractivity (Wildman–Crippen MR) is 136 cm³/mol. The van der Waals surface area contributed by atoms with Crippen LogP contribution in [0.5, 0.6) is 0 Å². The van der Waals surface area contributed by atoms with E-state index in [9.17, 15) is 4.39 Å². The van der Waals surface area contributed by atoms with Gasteiger partial charge in [-0.1, -0.05) is 36.6 Å². The molecule has 35 heavy (non-hydrogen) atoms. The van der Waals surface area contributed by atoms with E-state index in [1.807, 2.05) is 12.1 Å². The molecule has 3 unspecified atom stereocenters. The molecule has 1 saturated carbocycles. The fourth-order valence-corrected chi connectivity index (χ4v) is 5.45. The van der Waals surface area contributed by atoms with Crippen molar-refractivity contribution in [2.75, 3.05) is 23.3 Å². The lowest BCUT2D eigenvalue weighted by atomic mass is 9.89. The van der Waals surface area contributed by atoms with E-state index in [4.69, 9.17) is 21.3 Å². The first-order valence-corrected chi connectivity index (χ1v) is 12.7. The van der Waals surface area contributed by atoms with Gasteiger partial charge < -0.3 is 20.0 Å². The van der Waals surface area contributed by atoms with Crippen molar-refractivity contribution < 1.29 is 8.81 Å². The maximum atomic E-state index is 14.1. The molecule has 5 rings (SSSR count). The number of nitriles is 1. The Morgan fingerprint density at radius 1 is 1.09 bits per heavy atom. The van der Waals surface area contributed by atoms with E-state index in [1.54, 1.807) is 30.5 Å². The second-order valence-electron chi connectivity index (χ2n) is 9.38. The first kappa shape index (κ1) is 23.7. The van der Waals surface area contributed by atoms with Gasteiger partial charge in [-0.15, -0.1) is 0 Å². The maximum absolute atomic E-state index is 14.1. The third kappa shape index (κ3) is 5.44. The molecule has 0 amide bonds. The van der Waals surface area contributed by atoms with E-state index in [0.29, 0.717) is 40.0 Å². The third-order valence-corrected chi connectivity index (χ3v) is 7.34. The molecule has 6 nitrogen and oxygen atoms in total. The predicted octanol–water partition coefficient (Wildman–Crippen LogP) is 5.99. The van der Waals surface area contributed by atoms with Crippen molar-refractivity contribution in [3.8, 4) is 17.4 Å². The van der Waals surface area contributed by atoms with Crippen LogP contribution < -0.4 is 15.5 Å². The van der Waals surface area contributed by atoms with Crippen LogP contribution in [0.15, 0.2) is 53.1 Å². The summed E-state index contributed by atoms with van der Waals surface area (Å²) in [6.07, 6.45) is 8.22. The lowest BCUT2D eigenvalue weighted by molar-refractivity contribution is 0.290. The van der Waals surface area contributed by atoms with Crippen molar-refractivity contribution >= 4 is 23.3 Å². The van der Waals surface area contributed by atoms with Crippen LogP contribution >= 0.6 is 11.6 Å². The van der Waals surface area contributed by atoms with E-state index in [2.05, 4.69) is 26.6 Å². The van der Waals surface area contributed by atoms with Crippen LogP contribution in [0, 0.1) is 17.1 Å². The van der Waals surface area contributed by atoms with Gasteiger partial charge in [-0.3, -0.25) is 0 Å². The monoisotopic (exact) mass is 493 g/mol. The number of nitrogens with zero attached hydrogens (tertiary/aromatic N) is 3. The Morgan fingerprint density at radius 2 is 1.91 bits per heavy atom. The minimum Gasteiger partial charge on any atom is -0.423 e. The first-order chi connectivity index (χ1) is 17.1. The number of hydrogen-bond donors (Lipinski definition) is 2. The second-order valence-corrected chi connectivity index (χ2v) is 9.79. The Hall–Kier alpha value is -3.08. The van der Waals surface area contributed by atoms with E-state index in [0.717, 1.165) is 50.9 Å². The molecule has 2 aromatic carbocycles. The molecule has 1 aromatic heterocycles. The summed E-state index contributed by atoms with van der Waals surface area (Å²) in [6, 6.07) is 15.6. The highest BCUT2D eigenvalue weighted by Crippen LogP contribution is 2.29. The number of rotatable bonds is 6. The Kier molecular flexibility index (Phi) is 7.21. The fraction of sp³-hybridized carbons (Fsp3) is 0.407. The Morgan fingerprint density at radius 3 is 2.71 bits per heavy atom. The smallest absolute Gasteiger partial charge is 0.295 e. The van der Waals surface area contributed by atoms with Crippen LogP contribution in [-0.2, 0) is 0 Å². The average molecular weight is 494 g/mol. The highest BCUT2D eigenvalue weighted by atomic mass is 35.5. The number of anilines is 2. The first-order valence-electron chi connectivity index (χ1n) is 12.3. The Labute approximate surface area is 210 Å². The summed E-state index contributed by atoms with van der Waals surface area (Å²) in [6.45, 7) is 1.86. The average Bonchev–Trinajstić information content (AvgIpc) is 3.34. The van der Waals surface area contributed by atoms with E-state index < -0.39 is 0 Å². The lowest BCUT2D eigenvalue weighted by Gasteiger charge is -2.40. The van der Waals surface area contributed by atoms with Gasteiger partial charge in [0.2, 0.25) is 0 Å². The number of oxazole rings is 1. The van der Waals surface area contributed by atoms with E-state index >= 15 is 0 Å². The molecule has 1 aliphatic carbocycles. The summed E-state index contributed by atoms with van der Waals surface area (Å²) in [7, 11) is 0. The fourth-order valence-electron chi connectivity index (χ4n) is 5.23. The lowest BCUT2D eigenvalue weighted by Crippen LogP contribution is -2.54. The molecular formula is C27H29ClFN5O. The number of piperidine rings is 1. The molecule has 2 aliphatic rings. The van der Waals surface area contributed by atoms with Crippen LogP contribution in [0.25, 0.3) is 11.3 Å². The summed E-state index contributed by atoms with van der Waals surface area (Å²) in [4.78, 5) is 6.71. The molecule has 2 N–H and O–H groups in total. The Bertz CT molecular complexity index is 1210. The van der Waals surface area contributed by atoms with Crippen molar-refractivity contribution in [2.24, 2.45) is 0 Å². The summed E-state index contributed by atoms with van der Waals surface area (Å²) in [5.41, 5.74) is 1.97. The molecule has 1 aliphatic heterocycles. The quantitative estimate of drug-likeness (QED) is 0.439. The minimum atomic E-state index is -0.321. The molecule has 2 heterocycles. The van der Waals surface area contributed by atoms with Crippen molar-refractivity contribution in [2.45, 2.75) is 56.7 Å². The van der Waals surface area contributed by atoms with E-state index in [1.165, 1.54) is 12.5 Å². The summed E-state index contributed by atoms with van der Waals surface area (Å²) in [5, 5.41) is 17.0. The SMILES string of the molecule is N#Cc1ccc(N2CCCC(NC3CCCCC3Nc3ncc(-c4ccccc4F)o3)C2)cc1Cl. The molecule has 2 fully saturated rings. The van der Waals surface area contributed by atoms with Gasteiger partial charge >= 0.3 is 0 Å². The maximum Gasteiger partial charge on any atom is 0.295 e. The van der Waals surface area contributed by atoms with Gasteiger partial charge in [0, 0.05) is 36.9 Å². The summed E-state index contributed by atoms with van der Waals surface area (Å²) >= 11 is 6.28. The van der Waals surface area contributed by atoms with Crippen molar-refractivity contribution in [1.29, 1.82) is 5.26 Å². The van der Waals surface area contributed by atoms with Crippen LogP contribution in [0.2, 0.25) is 5.02 Å². The van der Waals surface area contributed by atoms with Gasteiger partial charge in [-0.25, -0.2) is 9.37 Å². The second kappa shape index (κ2) is 10.7. The van der Waals surface area contributed by atoms with Gasteiger partial charge in [0.05, 0.1) is 22.3 Å². The number of aromatic nitrogens is 1. The molecule has 0 bridgehead atoms. The van der Waals surface area contributed by atoms with Crippen LogP contribution in [-0.4, -0.2) is 36.2 Å². The van der Waals surface area contributed by atoms with Gasteiger partial charge in [0.25, 0.3) is 6.01 Å². The van der Waals surface area contributed by atoms with Crippen LogP contribution in [0.4, 0.5) is 16.1 Å². The van der Waals surface area contributed by atoms with Crippen molar-refractivity contribution in [1.82, 2.24) is 10.3 Å². The molecule has 182 valence electrons. The van der Waals surface area contributed by atoms with Crippen LogP contribution in [0.3, 0.4) is 0 Å². The summed E-state index contributed by atoms with van der Waals surface area (Å²) < 4.78 is 20.0. The van der Waals surface area contributed by atoms with Gasteiger partial charge in [-0.2, -0.15) is 5.26 Å². The zero-order chi connectivity index (χ0) is 24.2. The summed E-state index contributed by atoms with van der Waals surface area (Å²) in [5.74, 6) is 0.104. The molecule has 3 aromatic rings. The zero-order valence-electron chi connectivity index (χ0n) is 19.5. The van der Waals surface area contributed by atoms with Crippen molar-refractivity contribution in [3.05, 3.63) is 65.1 Å². The van der Waals surface area contributed by atoms with Crippen molar-refractivity contribution in [3.63, 3.8) is 0 Å².